The van der Waals surface area contributed by atoms with Crippen molar-refractivity contribution in [2.24, 2.45) is 0 Å². The maximum absolute atomic E-state index is 12.2. The lowest BCUT2D eigenvalue weighted by Crippen LogP contribution is -2.55. The van der Waals surface area contributed by atoms with E-state index in [1.54, 1.807) is 13.8 Å². The van der Waals surface area contributed by atoms with Gasteiger partial charge in [0.2, 0.25) is 0 Å². The van der Waals surface area contributed by atoms with Crippen LogP contribution in [0.15, 0.2) is 12.1 Å². The van der Waals surface area contributed by atoms with Gasteiger partial charge in [0.1, 0.15) is 6.04 Å². The number of aliphatic carboxylic acids is 1. The van der Waals surface area contributed by atoms with Gasteiger partial charge in [0.15, 0.2) is 0 Å². The van der Waals surface area contributed by atoms with Gasteiger partial charge in [0.05, 0.1) is 4.92 Å². The first-order chi connectivity index (χ1) is 9.32. The van der Waals surface area contributed by atoms with Gasteiger partial charge in [-0.3, -0.25) is 14.9 Å². The SMILES string of the molecule is Cc1cc(C(=O)N2CCC2C(=O)O)cc(C)c1[N+](=O)[O-]. The van der Waals surface area contributed by atoms with Crippen LogP contribution in [0.5, 0.6) is 0 Å². The summed E-state index contributed by atoms with van der Waals surface area (Å²) in [5, 5.41) is 19.8. The average molecular weight is 278 g/mol. The lowest BCUT2D eigenvalue weighted by molar-refractivity contribution is -0.386. The molecule has 1 amide bonds. The molecule has 1 aliphatic rings. The number of rotatable bonds is 3. The first kappa shape index (κ1) is 14.0. The van der Waals surface area contributed by atoms with Crippen molar-refractivity contribution in [2.75, 3.05) is 6.54 Å². The number of likely N-dealkylation sites (tertiary alicyclic amines) is 1. The van der Waals surface area contributed by atoms with Crippen molar-refractivity contribution >= 4 is 17.6 Å². The van der Waals surface area contributed by atoms with Gasteiger partial charge in [-0.15, -0.1) is 0 Å². The van der Waals surface area contributed by atoms with Gasteiger partial charge in [-0.1, -0.05) is 0 Å². The van der Waals surface area contributed by atoms with Crippen molar-refractivity contribution in [3.8, 4) is 0 Å². The lowest BCUT2D eigenvalue weighted by Gasteiger charge is -2.38. The van der Waals surface area contributed by atoms with Gasteiger partial charge in [-0.25, -0.2) is 4.79 Å². The Bertz CT molecular complexity index is 588. The number of carbonyl (C=O) groups excluding carboxylic acids is 1. The van der Waals surface area contributed by atoms with Crippen LogP contribution in [-0.4, -0.2) is 39.4 Å². The summed E-state index contributed by atoms with van der Waals surface area (Å²) in [6, 6.07) is 2.08. The van der Waals surface area contributed by atoms with Crippen molar-refractivity contribution in [1.29, 1.82) is 0 Å². The standard InChI is InChI=1S/C13H14N2O5/c1-7-5-9(6-8(2)11(7)15(19)20)12(16)14-4-3-10(14)13(17)18/h5-6,10H,3-4H2,1-2H3,(H,17,18). The second kappa shape index (κ2) is 4.92. The number of hydrogen-bond donors (Lipinski definition) is 1. The van der Waals surface area contributed by atoms with Gasteiger partial charge < -0.3 is 10.0 Å². The van der Waals surface area contributed by atoms with Gasteiger partial charge >= 0.3 is 5.97 Å². The highest BCUT2D eigenvalue weighted by Gasteiger charge is 2.38. The number of carboxylic acids is 1. The molecule has 0 radical (unpaired) electrons. The molecule has 1 N–H and O–H groups in total. The summed E-state index contributed by atoms with van der Waals surface area (Å²) in [5.74, 6) is -1.43. The number of hydrogen-bond acceptors (Lipinski definition) is 4. The van der Waals surface area contributed by atoms with Gasteiger partial charge in [-0.05, 0) is 32.4 Å². The summed E-state index contributed by atoms with van der Waals surface area (Å²) in [7, 11) is 0. The molecule has 0 spiro atoms. The Morgan fingerprint density at radius 1 is 1.35 bits per heavy atom. The smallest absolute Gasteiger partial charge is 0.326 e. The average Bonchev–Trinajstić information content (AvgIpc) is 2.24. The lowest BCUT2D eigenvalue weighted by atomic mass is 9.99. The summed E-state index contributed by atoms with van der Waals surface area (Å²) in [4.78, 5) is 34.8. The molecule has 0 aliphatic carbocycles. The molecule has 0 aromatic heterocycles. The van der Waals surface area contributed by atoms with Crippen molar-refractivity contribution in [3.63, 3.8) is 0 Å². The summed E-state index contributed by atoms with van der Waals surface area (Å²) in [6.45, 7) is 3.52. The molecule has 1 fully saturated rings. The Kier molecular flexibility index (Phi) is 3.44. The van der Waals surface area contributed by atoms with Crippen molar-refractivity contribution in [2.45, 2.75) is 26.3 Å². The number of carbonyl (C=O) groups is 2. The second-order valence-electron chi connectivity index (χ2n) is 4.86. The van der Waals surface area contributed by atoms with Crippen LogP contribution in [0.1, 0.15) is 27.9 Å². The number of aryl methyl sites for hydroxylation is 2. The molecule has 106 valence electrons. The van der Waals surface area contributed by atoms with Crippen LogP contribution in [0, 0.1) is 24.0 Å². The van der Waals surface area contributed by atoms with E-state index in [0.29, 0.717) is 24.1 Å². The Morgan fingerprint density at radius 2 is 1.90 bits per heavy atom. The molecule has 0 saturated carbocycles. The predicted octanol–water partition coefficient (Wildman–Crippen LogP) is 1.51. The highest BCUT2D eigenvalue weighted by Crippen LogP contribution is 2.27. The molecule has 1 aromatic rings. The fourth-order valence-electron chi connectivity index (χ4n) is 2.42. The monoisotopic (exact) mass is 278 g/mol. The Hall–Kier alpha value is -2.44. The molecule has 1 atom stereocenters. The maximum Gasteiger partial charge on any atom is 0.326 e. The maximum atomic E-state index is 12.2. The fraction of sp³-hybridized carbons (Fsp3) is 0.385. The number of nitro groups is 1. The molecule has 2 rings (SSSR count). The number of carboxylic acid groups (broad SMARTS) is 1. The van der Waals surface area contributed by atoms with E-state index in [1.165, 1.54) is 17.0 Å². The molecule has 1 unspecified atom stereocenters. The van der Waals surface area contributed by atoms with Crippen LogP contribution in [0.4, 0.5) is 5.69 Å². The van der Waals surface area contributed by atoms with Crippen LogP contribution < -0.4 is 0 Å². The fourth-order valence-corrected chi connectivity index (χ4v) is 2.42. The van der Waals surface area contributed by atoms with E-state index in [1.807, 2.05) is 0 Å². The van der Waals surface area contributed by atoms with Crippen LogP contribution in [0.25, 0.3) is 0 Å². The van der Waals surface area contributed by atoms with Gasteiger partial charge in [0.25, 0.3) is 11.6 Å². The van der Waals surface area contributed by atoms with Crippen LogP contribution >= 0.6 is 0 Å². The number of nitrogens with zero attached hydrogens (tertiary/aromatic N) is 2. The van der Waals surface area contributed by atoms with Crippen molar-refractivity contribution in [1.82, 2.24) is 4.90 Å². The van der Waals surface area contributed by atoms with Gasteiger partial charge in [0, 0.05) is 23.2 Å². The molecular weight excluding hydrogens is 264 g/mol. The van der Waals surface area contributed by atoms with Crippen molar-refractivity contribution < 1.29 is 19.6 Å². The first-order valence-electron chi connectivity index (χ1n) is 6.12. The molecular formula is C13H14N2O5. The first-order valence-corrected chi connectivity index (χ1v) is 6.12. The topological polar surface area (TPSA) is 101 Å². The molecule has 1 aliphatic heterocycles. The minimum Gasteiger partial charge on any atom is -0.480 e. The zero-order chi connectivity index (χ0) is 15.0. The Morgan fingerprint density at radius 3 is 2.25 bits per heavy atom. The quantitative estimate of drug-likeness (QED) is 0.667. The summed E-state index contributed by atoms with van der Waals surface area (Å²) >= 11 is 0. The van der Waals surface area contributed by atoms with E-state index in [4.69, 9.17) is 5.11 Å². The summed E-state index contributed by atoms with van der Waals surface area (Å²) in [6.07, 6.45) is 0.437. The highest BCUT2D eigenvalue weighted by atomic mass is 16.6. The predicted molar refractivity (Wildman–Crippen MR) is 69.6 cm³/mol. The van der Waals surface area contributed by atoms with Crippen LogP contribution in [0.2, 0.25) is 0 Å². The summed E-state index contributed by atoms with van der Waals surface area (Å²) in [5.41, 5.74) is 1.06. The largest absolute Gasteiger partial charge is 0.480 e. The minimum absolute atomic E-state index is 0.0139. The van der Waals surface area contributed by atoms with E-state index in [0.717, 1.165) is 0 Å². The number of nitro benzene ring substituents is 1. The van der Waals surface area contributed by atoms with Gasteiger partial charge in [-0.2, -0.15) is 0 Å². The highest BCUT2D eigenvalue weighted by molar-refractivity contribution is 5.98. The summed E-state index contributed by atoms with van der Waals surface area (Å²) < 4.78 is 0. The van der Waals surface area contributed by atoms with E-state index < -0.39 is 22.8 Å². The number of benzene rings is 1. The molecule has 1 heterocycles. The Balaban J connectivity index is 2.33. The van der Waals surface area contributed by atoms with E-state index in [2.05, 4.69) is 0 Å². The van der Waals surface area contributed by atoms with Crippen LogP contribution in [0.3, 0.4) is 0 Å². The molecule has 1 saturated heterocycles. The third-order valence-corrected chi connectivity index (χ3v) is 3.49. The molecule has 7 heteroatoms. The van der Waals surface area contributed by atoms with Crippen LogP contribution in [-0.2, 0) is 4.79 Å². The Labute approximate surface area is 115 Å². The third-order valence-electron chi connectivity index (χ3n) is 3.49. The van der Waals surface area contributed by atoms with E-state index in [9.17, 15) is 19.7 Å². The number of amides is 1. The zero-order valence-electron chi connectivity index (χ0n) is 11.1. The molecule has 7 nitrogen and oxygen atoms in total. The zero-order valence-corrected chi connectivity index (χ0v) is 11.1. The third kappa shape index (κ3) is 2.22. The van der Waals surface area contributed by atoms with E-state index >= 15 is 0 Å². The van der Waals surface area contributed by atoms with E-state index in [-0.39, 0.29) is 11.3 Å². The molecule has 1 aromatic carbocycles. The minimum atomic E-state index is -1.03. The van der Waals surface area contributed by atoms with Crippen molar-refractivity contribution in [3.05, 3.63) is 38.9 Å². The molecule has 20 heavy (non-hydrogen) atoms. The normalized spacial score (nSPS) is 17.5. The second-order valence-corrected chi connectivity index (χ2v) is 4.86. The molecule has 0 bridgehead atoms.